The lowest BCUT2D eigenvalue weighted by molar-refractivity contribution is -0.138. The maximum atomic E-state index is 12.5. The zero-order valence-corrected chi connectivity index (χ0v) is 15.9. The van der Waals surface area contributed by atoms with Crippen molar-refractivity contribution in [2.24, 2.45) is 0 Å². The molecule has 0 aromatic heterocycles. The van der Waals surface area contributed by atoms with Gasteiger partial charge in [0.2, 0.25) is 17.7 Å². The zero-order valence-electron chi connectivity index (χ0n) is 15.1. The monoisotopic (exact) mass is 399 g/mol. The first kappa shape index (κ1) is 19.6. The van der Waals surface area contributed by atoms with E-state index in [2.05, 4.69) is 5.32 Å². The molecule has 7 nitrogen and oxygen atoms in total. The lowest BCUT2D eigenvalue weighted by Crippen LogP contribution is -2.48. The number of nitrogens with zero attached hydrogens (tertiary/aromatic N) is 2. The number of benzene rings is 2. The van der Waals surface area contributed by atoms with Gasteiger partial charge in [0.05, 0.1) is 23.7 Å². The number of hydrogen-bond acceptors (Lipinski definition) is 4. The summed E-state index contributed by atoms with van der Waals surface area (Å²) in [4.78, 5) is 51.5. The fourth-order valence-corrected chi connectivity index (χ4v) is 3.05. The molecule has 2 aromatic carbocycles. The largest absolute Gasteiger partial charge is 0.335 e. The quantitative estimate of drug-likeness (QED) is 0.779. The number of rotatable bonds is 5. The van der Waals surface area contributed by atoms with E-state index in [0.29, 0.717) is 21.8 Å². The van der Waals surface area contributed by atoms with Gasteiger partial charge in [0.25, 0.3) is 5.91 Å². The van der Waals surface area contributed by atoms with Crippen molar-refractivity contribution >= 4 is 40.9 Å². The number of halogens is 1. The number of carbonyl (C=O) groups excluding carboxylic acids is 4. The molecule has 1 N–H and O–H groups in total. The second kappa shape index (κ2) is 8.22. The van der Waals surface area contributed by atoms with E-state index in [1.807, 2.05) is 0 Å². The fourth-order valence-electron chi connectivity index (χ4n) is 2.87. The van der Waals surface area contributed by atoms with E-state index in [0.717, 1.165) is 9.80 Å². The van der Waals surface area contributed by atoms with Gasteiger partial charge in [-0.1, -0.05) is 41.9 Å². The highest BCUT2D eigenvalue weighted by molar-refractivity contribution is 6.33. The van der Waals surface area contributed by atoms with E-state index in [4.69, 9.17) is 11.6 Å². The molecular formula is C20H18ClN3O4. The molecule has 0 unspecified atom stereocenters. The topological polar surface area (TPSA) is 86.8 Å². The second-order valence-corrected chi connectivity index (χ2v) is 6.80. The summed E-state index contributed by atoms with van der Waals surface area (Å²) in [5.41, 5.74) is 1.50. The number of carbonyl (C=O) groups is 4. The average molecular weight is 400 g/mol. The minimum atomic E-state index is -0.518. The second-order valence-electron chi connectivity index (χ2n) is 6.40. The summed E-state index contributed by atoms with van der Waals surface area (Å²) in [6.45, 7) is -0.654. The van der Waals surface area contributed by atoms with Gasteiger partial charge in [-0.05, 0) is 23.8 Å². The molecule has 1 heterocycles. The molecule has 0 saturated carbocycles. The Labute approximate surface area is 166 Å². The molecule has 0 atom stereocenters. The third-order valence-corrected chi connectivity index (χ3v) is 4.71. The highest BCUT2D eigenvalue weighted by Crippen LogP contribution is 2.21. The first-order valence-electron chi connectivity index (χ1n) is 8.57. The molecule has 8 heteroatoms. The molecular weight excluding hydrogens is 382 g/mol. The zero-order chi connectivity index (χ0) is 20.3. The highest BCUT2D eigenvalue weighted by Gasteiger charge is 2.32. The average Bonchev–Trinajstić information content (AvgIpc) is 2.66. The van der Waals surface area contributed by atoms with Gasteiger partial charge in [-0.15, -0.1) is 0 Å². The van der Waals surface area contributed by atoms with Gasteiger partial charge in [0.15, 0.2) is 0 Å². The normalized spacial score (nSPS) is 13.1. The number of para-hydroxylation sites is 1. The molecule has 2 aromatic rings. The molecule has 3 rings (SSSR count). The Morgan fingerprint density at radius 1 is 1.11 bits per heavy atom. The van der Waals surface area contributed by atoms with Crippen LogP contribution in [-0.2, 0) is 20.8 Å². The summed E-state index contributed by atoms with van der Waals surface area (Å²) in [6.07, 6.45) is 0.0614. The third kappa shape index (κ3) is 4.20. The Morgan fingerprint density at radius 3 is 2.54 bits per heavy atom. The van der Waals surface area contributed by atoms with E-state index in [9.17, 15) is 19.2 Å². The SMILES string of the molecule is CN(CC(=O)Nc1ccccc1Cl)C(=O)CN1C(=O)Cc2ccccc2C1=O. The van der Waals surface area contributed by atoms with Crippen LogP contribution in [-0.4, -0.2) is 53.6 Å². The van der Waals surface area contributed by atoms with Crippen molar-refractivity contribution in [3.8, 4) is 0 Å². The maximum Gasteiger partial charge on any atom is 0.261 e. The Morgan fingerprint density at radius 2 is 1.79 bits per heavy atom. The van der Waals surface area contributed by atoms with Gasteiger partial charge < -0.3 is 10.2 Å². The van der Waals surface area contributed by atoms with Crippen LogP contribution in [0.2, 0.25) is 5.02 Å². The number of likely N-dealkylation sites (N-methyl/N-ethyl adjacent to an activating group) is 1. The molecule has 0 spiro atoms. The van der Waals surface area contributed by atoms with Crippen molar-refractivity contribution in [3.05, 3.63) is 64.7 Å². The molecule has 1 aliphatic heterocycles. The lowest BCUT2D eigenvalue weighted by atomic mass is 9.98. The molecule has 0 bridgehead atoms. The van der Waals surface area contributed by atoms with E-state index in [1.165, 1.54) is 7.05 Å². The van der Waals surface area contributed by atoms with Gasteiger partial charge in [0.1, 0.15) is 6.54 Å². The van der Waals surface area contributed by atoms with Crippen molar-refractivity contribution < 1.29 is 19.2 Å². The minimum Gasteiger partial charge on any atom is -0.335 e. The van der Waals surface area contributed by atoms with E-state index in [-0.39, 0.29) is 13.0 Å². The van der Waals surface area contributed by atoms with Crippen molar-refractivity contribution in [2.45, 2.75) is 6.42 Å². The van der Waals surface area contributed by atoms with E-state index in [1.54, 1.807) is 48.5 Å². The first-order valence-corrected chi connectivity index (χ1v) is 8.95. The Kier molecular flexibility index (Phi) is 5.75. The molecule has 0 aliphatic carbocycles. The van der Waals surface area contributed by atoms with Crippen LogP contribution in [0.1, 0.15) is 15.9 Å². The number of fused-ring (bicyclic) bond motifs is 1. The molecule has 144 valence electrons. The van der Waals surface area contributed by atoms with Crippen LogP contribution in [0.3, 0.4) is 0 Å². The summed E-state index contributed by atoms with van der Waals surface area (Å²) in [5.74, 6) is -1.90. The molecule has 28 heavy (non-hydrogen) atoms. The van der Waals surface area contributed by atoms with E-state index < -0.39 is 30.2 Å². The van der Waals surface area contributed by atoms with Crippen molar-refractivity contribution in [3.63, 3.8) is 0 Å². The van der Waals surface area contributed by atoms with Gasteiger partial charge in [0, 0.05) is 12.6 Å². The standard InChI is InChI=1S/C20H18ClN3O4/c1-23(11-17(25)22-16-9-5-4-8-15(16)21)19(27)12-24-18(26)10-13-6-2-3-7-14(13)20(24)28/h2-9H,10-12H2,1H3,(H,22,25). The van der Waals surface area contributed by atoms with Gasteiger partial charge in [-0.3, -0.25) is 24.1 Å². The molecule has 0 radical (unpaired) electrons. The summed E-state index contributed by atoms with van der Waals surface area (Å²) >= 11 is 5.99. The van der Waals surface area contributed by atoms with Crippen LogP contribution in [0.4, 0.5) is 5.69 Å². The lowest BCUT2D eigenvalue weighted by Gasteiger charge is -2.28. The molecule has 0 fully saturated rings. The Bertz CT molecular complexity index is 960. The summed E-state index contributed by atoms with van der Waals surface area (Å²) in [5, 5.41) is 3.00. The first-order chi connectivity index (χ1) is 13.4. The van der Waals surface area contributed by atoms with Crippen LogP contribution in [0.25, 0.3) is 0 Å². The summed E-state index contributed by atoms with van der Waals surface area (Å²) < 4.78 is 0. The third-order valence-electron chi connectivity index (χ3n) is 4.38. The number of nitrogens with one attached hydrogen (secondary N) is 1. The Balaban J connectivity index is 1.61. The van der Waals surface area contributed by atoms with Crippen molar-refractivity contribution in [2.75, 3.05) is 25.5 Å². The van der Waals surface area contributed by atoms with Crippen LogP contribution in [0.5, 0.6) is 0 Å². The van der Waals surface area contributed by atoms with Crippen molar-refractivity contribution in [1.29, 1.82) is 0 Å². The van der Waals surface area contributed by atoms with E-state index >= 15 is 0 Å². The van der Waals surface area contributed by atoms with Gasteiger partial charge in [-0.2, -0.15) is 0 Å². The predicted octanol–water partition coefficient (Wildman–Crippen LogP) is 1.96. The molecule has 4 amide bonds. The van der Waals surface area contributed by atoms with Gasteiger partial charge in [-0.25, -0.2) is 0 Å². The Hall–Kier alpha value is -3.19. The molecule has 1 aliphatic rings. The number of hydrogen-bond donors (Lipinski definition) is 1. The number of imide groups is 1. The molecule has 0 saturated heterocycles. The van der Waals surface area contributed by atoms with Crippen LogP contribution in [0, 0.1) is 0 Å². The van der Waals surface area contributed by atoms with Crippen LogP contribution in [0.15, 0.2) is 48.5 Å². The van der Waals surface area contributed by atoms with Gasteiger partial charge >= 0.3 is 0 Å². The highest BCUT2D eigenvalue weighted by atomic mass is 35.5. The number of amides is 4. The van der Waals surface area contributed by atoms with Crippen molar-refractivity contribution in [1.82, 2.24) is 9.80 Å². The summed E-state index contributed by atoms with van der Waals surface area (Å²) in [6, 6.07) is 13.5. The minimum absolute atomic E-state index is 0.0614. The number of anilines is 1. The van der Waals surface area contributed by atoms with Crippen LogP contribution >= 0.6 is 11.6 Å². The van der Waals surface area contributed by atoms with Crippen LogP contribution < -0.4 is 5.32 Å². The smallest absolute Gasteiger partial charge is 0.261 e. The maximum absolute atomic E-state index is 12.5. The summed E-state index contributed by atoms with van der Waals surface area (Å²) in [7, 11) is 1.43. The predicted molar refractivity (Wildman–Crippen MR) is 104 cm³/mol. The fraction of sp³-hybridized carbons (Fsp3) is 0.200.